The molecule has 35 heavy (non-hydrogen) atoms. The maximum atomic E-state index is 12.7. The van der Waals surface area contributed by atoms with Gasteiger partial charge in [-0.05, 0) is 82.3 Å². The van der Waals surface area contributed by atoms with Crippen LogP contribution in [0, 0.1) is 0 Å². The van der Waals surface area contributed by atoms with Crippen molar-refractivity contribution in [2.24, 2.45) is 0 Å². The number of aliphatic hydroxyl groups is 1. The summed E-state index contributed by atoms with van der Waals surface area (Å²) in [5.41, 5.74) is 0.313. The minimum atomic E-state index is -0.922. The van der Waals surface area contributed by atoms with Gasteiger partial charge in [0.15, 0.2) is 11.5 Å². The van der Waals surface area contributed by atoms with Gasteiger partial charge in [-0.25, -0.2) is 9.59 Å². The van der Waals surface area contributed by atoms with E-state index in [1.807, 2.05) is 0 Å². The molecule has 190 valence electrons. The molecule has 0 saturated heterocycles. The summed E-state index contributed by atoms with van der Waals surface area (Å²) in [6.45, 7) is 5.41. The van der Waals surface area contributed by atoms with Gasteiger partial charge in [0.05, 0.1) is 31.4 Å². The average molecular weight is 486 g/mol. The zero-order valence-corrected chi connectivity index (χ0v) is 21.1. The van der Waals surface area contributed by atoms with Crippen molar-refractivity contribution in [1.29, 1.82) is 0 Å². The molecule has 2 aromatic rings. The molecule has 0 spiro atoms. The number of rotatable bonds is 8. The zero-order chi connectivity index (χ0) is 25.6. The molecule has 1 saturated carbocycles. The lowest BCUT2D eigenvalue weighted by molar-refractivity contribution is 0.0205. The van der Waals surface area contributed by atoms with E-state index in [0.29, 0.717) is 28.4 Å². The Labute approximate surface area is 206 Å². The van der Waals surface area contributed by atoms with E-state index in [0.717, 1.165) is 25.7 Å². The smallest absolute Gasteiger partial charge is 0.410 e. The molecular weight excluding hydrogens is 450 g/mol. The number of ether oxygens (including phenoxy) is 4. The standard InChI is InChI=1S/C27H35NO7/c1-27(2,3)35-26(31)28(4)17-22(29)18-10-13-21(14-11-18)34-25(30)19-12-15-23(32-5)24(16-19)33-20-8-6-7-9-20/h10-16,20,22,29H,6-9,17H2,1-5H3. The molecule has 0 aliphatic heterocycles. The first-order valence-electron chi connectivity index (χ1n) is 11.8. The van der Waals surface area contributed by atoms with Gasteiger partial charge < -0.3 is 29.0 Å². The summed E-state index contributed by atoms with van der Waals surface area (Å²) in [5, 5.41) is 10.5. The number of carbonyl (C=O) groups is 2. The molecule has 3 rings (SSSR count). The van der Waals surface area contributed by atoms with Gasteiger partial charge in [0.1, 0.15) is 11.4 Å². The molecule has 2 aromatic carbocycles. The molecule has 1 atom stereocenters. The Kier molecular flexibility index (Phi) is 8.62. The third kappa shape index (κ3) is 7.62. The summed E-state index contributed by atoms with van der Waals surface area (Å²) in [7, 11) is 3.13. The third-order valence-corrected chi connectivity index (χ3v) is 5.62. The highest BCUT2D eigenvalue weighted by atomic mass is 16.6. The fourth-order valence-corrected chi connectivity index (χ4v) is 3.78. The number of nitrogens with zero attached hydrogens (tertiary/aromatic N) is 1. The molecule has 1 unspecified atom stereocenters. The normalized spacial score (nSPS) is 14.8. The lowest BCUT2D eigenvalue weighted by Gasteiger charge is -2.26. The van der Waals surface area contributed by atoms with Gasteiger partial charge in [0, 0.05) is 7.05 Å². The zero-order valence-electron chi connectivity index (χ0n) is 21.1. The van der Waals surface area contributed by atoms with E-state index in [1.165, 1.54) is 4.90 Å². The monoisotopic (exact) mass is 485 g/mol. The van der Waals surface area contributed by atoms with Crippen molar-refractivity contribution < 1.29 is 33.6 Å². The summed E-state index contributed by atoms with van der Waals surface area (Å²) in [4.78, 5) is 26.2. The molecule has 0 bridgehead atoms. The van der Waals surface area contributed by atoms with E-state index in [9.17, 15) is 14.7 Å². The van der Waals surface area contributed by atoms with Crippen LogP contribution in [0.25, 0.3) is 0 Å². The van der Waals surface area contributed by atoms with E-state index in [2.05, 4.69) is 0 Å². The van der Waals surface area contributed by atoms with Gasteiger partial charge >= 0.3 is 12.1 Å². The van der Waals surface area contributed by atoms with Gasteiger partial charge in [-0.2, -0.15) is 0 Å². The highest BCUT2D eigenvalue weighted by Crippen LogP contribution is 2.33. The van der Waals surface area contributed by atoms with Crippen LogP contribution in [0.4, 0.5) is 4.79 Å². The van der Waals surface area contributed by atoms with Crippen molar-refractivity contribution in [2.75, 3.05) is 20.7 Å². The largest absolute Gasteiger partial charge is 0.493 e. The van der Waals surface area contributed by atoms with Crippen molar-refractivity contribution in [3.05, 3.63) is 53.6 Å². The van der Waals surface area contributed by atoms with Crippen molar-refractivity contribution in [3.63, 3.8) is 0 Å². The fraction of sp³-hybridized carbons (Fsp3) is 0.481. The van der Waals surface area contributed by atoms with Crippen LogP contribution < -0.4 is 14.2 Å². The van der Waals surface area contributed by atoms with E-state index >= 15 is 0 Å². The molecule has 0 radical (unpaired) electrons. The quantitative estimate of drug-likeness (QED) is 0.409. The third-order valence-electron chi connectivity index (χ3n) is 5.62. The molecule has 1 N–H and O–H groups in total. The summed E-state index contributed by atoms with van der Waals surface area (Å²) >= 11 is 0. The topological polar surface area (TPSA) is 94.5 Å². The number of methoxy groups -OCH3 is 1. The summed E-state index contributed by atoms with van der Waals surface area (Å²) in [5.74, 6) is 0.909. The molecule has 1 fully saturated rings. The van der Waals surface area contributed by atoms with Gasteiger partial charge in [0.2, 0.25) is 0 Å². The predicted molar refractivity (Wildman–Crippen MR) is 131 cm³/mol. The summed E-state index contributed by atoms with van der Waals surface area (Å²) < 4.78 is 22.2. The first-order chi connectivity index (χ1) is 16.6. The van der Waals surface area contributed by atoms with Crippen molar-refractivity contribution >= 4 is 12.1 Å². The minimum Gasteiger partial charge on any atom is -0.493 e. The second-order valence-corrected chi connectivity index (χ2v) is 9.73. The molecule has 1 aliphatic carbocycles. The van der Waals surface area contributed by atoms with Crippen LogP contribution >= 0.6 is 0 Å². The lowest BCUT2D eigenvalue weighted by atomic mass is 10.1. The summed E-state index contributed by atoms with van der Waals surface area (Å²) in [6, 6.07) is 11.5. The Morgan fingerprint density at radius 3 is 2.31 bits per heavy atom. The molecule has 1 aliphatic rings. The first-order valence-corrected chi connectivity index (χ1v) is 11.8. The first kappa shape index (κ1) is 26.3. The molecule has 8 heteroatoms. The molecule has 0 heterocycles. The average Bonchev–Trinajstić information content (AvgIpc) is 3.31. The van der Waals surface area contributed by atoms with Crippen LogP contribution in [0.1, 0.15) is 68.5 Å². The Bertz CT molecular complexity index is 1010. The highest BCUT2D eigenvalue weighted by Gasteiger charge is 2.23. The molecule has 0 aromatic heterocycles. The van der Waals surface area contributed by atoms with Crippen LogP contribution in [0.15, 0.2) is 42.5 Å². The molecular formula is C27H35NO7. The second-order valence-electron chi connectivity index (χ2n) is 9.73. The minimum absolute atomic E-state index is 0.0592. The Morgan fingerprint density at radius 2 is 1.71 bits per heavy atom. The van der Waals surface area contributed by atoms with Gasteiger partial charge in [0.25, 0.3) is 0 Å². The van der Waals surface area contributed by atoms with Crippen molar-refractivity contribution in [1.82, 2.24) is 4.90 Å². The number of aliphatic hydroxyl groups excluding tert-OH is 1. The Hall–Kier alpha value is -3.26. The number of amides is 1. The van der Waals surface area contributed by atoms with Crippen LogP contribution in [-0.4, -0.2) is 54.5 Å². The SMILES string of the molecule is COc1ccc(C(=O)Oc2ccc(C(O)CN(C)C(=O)OC(C)(C)C)cc2)cc1OC1CCCC1. The Balaban J connectivity index is 1.61. The van der Waals surface area contributed by atoms with Crippen molar-refractivity contribution in [3.8, 4) is 17.2 Å². The van der Waals surface area contributed by atoms with Crippen LogP contribution in [0.2, 0.25) is 0 Å². The number of carbonyl (C=O) groups excluding carboxylic acids is 2. The van der Waals surface area contributed by atoms with Gasteiger partial charge in [-0.1, -0.05) is 12.1 Å². The fourth-order valence-electron chi connectivity index (χ4n) is 3.78. The number of esters is 1. The number of benzene rings is 2. The van der Waals surface area contributed by atoms with Crippen LogP contribution in [0.5, 0.6) is 17.2 Å². The van der Waals surface area contributed by atoms with Crippen LogP contribution in [0.3, 0.4) is 0 Å². The van der Waals surface area contributed by atoms with Gasteiger partial charge in [-0.3, -0.25) is 0 Å². The van der Waals surface area contributed by atoms with E-state index in [1.54, 1.807) is 77.4 Å². The Morgan fingerprint density at radius 1 is 1.06 bits per heavy atom. The van der Waals surface area contributed by atoms with Crippen LogP contribution in [-0.2, 0) is 4.74 Å². The van der Waals surface area contributed by atoms with E-state index in [-0.39, 0.29) is 12.6 Å². The number of hydrogen-bond donors (Lipinski definition) is 1. The molecule has 1 amide bonds. The highest BCUT2D eigenvalue weighted by molar-refractivity contribution is 5.91. The van der Waals surface area contributed by atoms with E-state index in [4.69, 9.17) is 18.9 Å². The number of hydrogen-bond acceptors (Lipinski definition) is 7. The predicted octanol–water partition coefficient (Wildman–Crippen LogP) is 5.14. The second kappa shape index (κ2) is 11.4. The summed E-state index contributed by atoms with van der Waals surface area (Å²) in [6.07, 6.45) is 2.94. The molecule has 8 nitrogen and oxygen atoms in total. The van der Waals surface area contributed by atoms with Gasteiger partial charge in [-0.15, -0.1) is 0 Å². The van der Waals surface area contributed by atoms with E-state index < -0.39 is 23.8 Å². The lowest BCUT2D eigenvalue weighted by Crippen LogP contribution is -2.36. The maximum Gasteiger partial charge on any atom is 0.410 e. The number of likely N-dealkylation sites (N-methyl/N-ethyl adjacent to an activating group) is 1. The van der Waals surface area contributed by atoms with Crippen molar-refractivity contribution in [2.45, 2.75) is 64.3 Å². The maximum absolute atomic E-state index is 12.7.